The topological polar surface area (TPSA) is 125 Å². The summed E-state index contributed by atoms with van der Waals surface area (Å²) in [7, 11) is 1.61. The maximum absolute atomic E-state index is 12.4. The molecule has 0 radical (unpaired) electrons. The Morgan fingerprint density at radius 2 is 1.62 bits per heavy atom. The van der Waals surface area contributed by atoms with Crippen molar-refractivity contribution >= 4 is 63.1 Å². The second-order valence-electron chi connectivity index (χ2n) is 9.10. The third-order valence-electron chi connectivity index (χ3n) is 6.14. The second kappa shape index (κ2) is 13.3. The van der Waals surface area contributed by atoms with Gasteiger partial charge < -0.3 is 5.11 Å². The van der Waals surface area contributed by atoms with Gasteiger partial charge in [-0.3, -0.25) is 9.59 Å². The molecule has 0 fully saturated rings. The number of methoxy groups -OCH3 is 1. The van der Waals surface area contributed by atoms with Crippen molar-refractivity contribution in [3.05, 3.63) is 51.3 Å². The summed E-state index contributed by atoms with van der Waals surface area (Å²) >= 11 is 1.32. The van der Waals surface area contributed by atoms with Gasteiger partial charge in [0.05, 0.1) is 11.3 Å². The van der Waals surface area contributed by atoms with E-state index in [9.17, 15) is 14.4 Å². The van der Waals surface area contributed by atoms with Gasteiger partial charge in [0.25, 0.3) is 0 Å². The Labute approximate surface area is 236 Å². The number of benzene rings is 2. The molecule has 3 N–H and O–H groups in total. The van der Waals surface area contributed by atoms with Crippen LogP contribution in [0.4, 0.5) is 0 Å². The minimum absolute atomic E-state index is 0.00919. The standard InChI is InChI=1S/C29H31NO7SSe/c1-17-11-25-18(14-26(38-25)20(31)6-7-29(33)34)12-22(17)36-9-4-10-37-24-13-19-15-28(21(32)5-3-8-30)39-27(19)16-23(24)35-2/h11-16H,3-10,30H2,1-2H3,(H,33,34). The van der Waals surface area contributed by atoms with Crippen LogP contribution in [0.2, 0.25) is 0 Å². The molecule has 0 saturated carbocycles. The van der Waals surface area contributed by atoms with Crippen molar-refractivity contribution in [3.63, 3.8) is 0 Å². The summed E-state index contributed by atoms with van der Waals surface area (Å²) in [5.74, 6) is 1.03. The van der Waals surface area contributed by atoms with Crippen LogP contribution < -0.4 is 19.9 Å². The average molecular weight is 617 g/mol. The van der Waals surface area contributed by atoms with Gasteiger partial charge in [-0.1, -0.05) is 0 Å². The van der Waals surface area contributed by atoms with E-state index in [2.05, 4.69) is 0 Å². The Morgan fingerprint density at radius 3 is 2.33 bits per heavy atom. The van der Waals surface area contributed by atoms with Crippen molar-refractivity contribution in [3.8, 4) is 17.2 Å². The molecule has 0 aliphatic rings. The molecule has 0 unspecified atom stereocenters. The molecule has 4 rings (SSSR count). The third kappa shape index (κ3) is 7.28. The molecular weight excluding hydrogens is 585 g/mol. The molecule has 8 nitrogen and oxygen atoms in total. The number of ketones is 2. The van der Waals surface area contributed by atoms with Crippen molar-refractivity contribution in [2.24, 2.45) is 5.73 Å². The SMILES string of the molecule is COc1cc2[se]c(C(=O)CCCN)cc2cc1OCCCOc1cc2cc(C(=O)CCC(=O)O)sc2cc1C. The maximum atomic E-state index is 12.4. The van der Waals surface area contributed by atoms with Crippen molar-refractivity contribution in [2.45, 2.75) is 39.0 Å². The summed E-state index contributed by atoms with van der Waals surface area (Å²) in [5, 5.41) is 10.7. The zero-order chi connectivity index (χ0) is 27.9. The molecule has 0 spiro atoms. The Bertz CT molecular complexity index is 1510. The van der Waals surface area contributed by atoms with Crippen molar-refractivity contribution < 1.29 is 33.7 Å². The van der Waals surface area contributed by atoms with Gasteiger partial charge in [0.15, 0.2) is 5.78 Å². The number of aryl methyl sites for hydroxylation is 1. The monoisotopic (exact) mass is 617 g/mol. The first-order valence-electron chi connectivity index (χ1n) is 12.7. The van der Waals surface area contributed by atoms with E-state index in [0.717, 1.165) is 35.5 Å². The van der Waals surface area contributed by atoms with Gasteiger partial charge in [0, 0.05) is 11.1 Å². The zero-order valence-electron chi connectivity index (χ0n) is 21.9. The zero-order valence-corrected chi connectivity index (χ0v) is 24.4. The number of hydrogen-bond donors (Lipinski definition) is 2. The van der Waals surface area contributed by atoms with Crippen LogP contribution in [0.5, 0.6) is 17.2 Å². The van der Waals surface area contributed by atoms with E-state index in [0.29, 0.717) is 55.4 Å². The summed E-state index contributed by atoms with van der Waals surface area (Å²) in [5.41, 5.74) is 6.50. The number of Topliss-reactive ketones (excluding diaryl/α,β-unsaturated/α-hetero) is 2. The quantitative estimate of drug-likeness (QED) is 0.106. The summed E-state index contributed by atoms with van der Waals surface area (Å²) < 4.78 is 20.5. The van der Waals surface area contributed by atoms with Crippen molar-refractivity contribution in [1.29, 1.82) is 0 Å². The van der Waals surface area contributed by atoms with Crippen LogP contribution in [-0.4, -0.2) is 64.0 Å². The molecule has 2 aromatic carbocycles. The third-order valence-corrected chi connectivity index (χ3v) is 9.67. The first-order valence-corrected chi connectivity index (χ1v) is 15.2. The molecule has 10 heteroatoms. The van der Waals surface area contributed by atoms with Crippen LogP contribution in [0.3, 0.4) is 0 Å². The fourth-order valence-electron chi connectivity index (χ4n) is 4.07. The normalized spacial score (nSPS) is 11.2. The first-order chi connectivity index (χ1) is 18.8. The van der Waals surface area contributed by atoms with Crippen LogP contribution in [0.1, 0.15) is 56.6 Å². The predicted molar refractivity (Wildman–Crippen MR) is 153 cm³/mol. The molecule has 0 saturated heterocycles. The number of ether oxygens (including phenoxy) is 3. The number of nitrogens with two attached hydrogens (primary N) is 1. The molecule has 2 heterocycles. The summed E-state index contributed by atoms with van der Waals surface area (Å²) in [4.78, 5) is 36.1. The molecule has 39 heavy (non-hydrogen) atoms. The number of hydrogen-bond acceptors (Lipinski definition) is 8. The molecule has 0 aliphatic heterocycles. The van der Waals surface area contributed by atoms with Crippen LogP contribution in [-0.2, 0) is 4.79 Å². The molecule has 4 aromatic rings. The van der Waals surface area contributed by atoms with E-state index < -0.39 is 5.97 Å². The fraction of sp³-hybridized carbons (Fsp3) is 0.345. The molecular formula is C29H31NO7SSe. The number of thiophene rings is 1. The van der Waals surface area contributed by atoms with Crippen LogP contribution >= 0.6 is 11.3 Å². The van der Waals surface area contributed by atoms with E-state index in [4.69, 9.17) is 25.1 Å². The summed E-state index contributed by atoms with van der Waals surface area (Å²) in [6.07, 6.45) is 1.63. The van der Waals surface area contributed by atoms with E-state index >= 15 is 0 Å². The number of aliphatic carboxylic acids is 1. The van der Waals surface area contributed by atoms with Crippen molar-refractivity contribution in [1.82, 2.24) is 0 Å². The van der Waals surface area contributed by atoms with Crippen molar-refractivity contribution in [2.75, 3.05) is 26.9 Å². The van der Waals surface area contributed by atoms with Gasteiger partial charge in [-0.15, -0.1) is 11.3 Å². The Balaban J connectivity index is 1.34. The number of carbonyl (C=O) groups excluding carboxylic acids is 2. The van der Waals surface area contributed by atoms with Gasteiger partial charge in [0.2, 0.25) is 0 Å². The molecule has 0 atom stereocenters. The Morgan fingerprint density at radius 1 is 0.872 bits per heavy atom. The van der Waals surface area contributed by atoms with Crippen LogP contribution in [0, 0.1) is 6.92 Å². The minimum atomic E-state index is -0.980. The van der Waals surface area contributed by atoms with E-state index in [1.807, 2.05) is 37.3 Å². The van der Waals surface area contributed by atoms with E-state index in [1.165, 1.54) is 11.3 Å². The summed E-state index contributed by atoms with van der Waals surface area (Å²) in [6, 6.07) is 11.6. The number of rotatable bonds is 15. The molecule has 0 bridgehead atoms. The molecule has 206 valence electrons. The molecule has 0 amide bonds. The average Bonchev–Trinajstić information content (AvgIpc) is 3.53. The summed E-state index contributed by atoms with van der Waals surface area (Å²) in [6.45, 7) is 3.33. The van der Waals surface area contributed by atoms with Gasteiger partial charge >= 0.3 is 177 Å². The van der Waals surface area contributed by atoms with Crippen LogP contribution in [0.25, 0.3) is 19.7 Å². The number of carboxylic acids is 1. The van der Waals surface area contributed by atoms with Gasteiger partial charge in [0.1, 0.15) is 0 Å². The second-order valence-corrected chi connectivity index (χ2v) is 12.5. The number of carboxylic acid groups (broad SMARTS) is 1. The van der Waals surface area contributed by atoms with Gasteiger partial charge in [-0.2, -0.15) is 0 Å². The number of carbonyl (C=O) groups is 3. The molecule has 2 aromatic heterocycles. The van der Waals surface area contributed by atoms with E-state index in [-0.39, 0.29) is 38.9 Å². The Hall–Kier alpha value is -3.17. The molecule has 0 aliphatic carbocycles. The van der Waals surface area contributed by atoms with Gasteiger partial charge in [-0.25, -0.2) is 0 Å². The first kappa shape index (κ1) is 28.8. The Kier molecular flexibility index (Phi) is 9.80. The van der Waals surface area contributed by atoms with Crippen LogP contribution in [0.15, 0.2) is 36.4 Å². The number of fused-ring (bicyclic) bond motifs is 2. The predicted octanol–water partition coefficient (Wildman–Crippen LogP) is 5.25. The van der Waals surface area contributed by atoms with E-state index in [1.54, 1.807) is 13.2 Å². The van der Waals surface area contributed by atoms with Gasteiger partial charge in [-0.05, 0) is 6.07 Å². The fourth-order valence-corrected chi connectivity index (χ4v) is 7.36.